The zero-order chi connectivity index (χ0) is 10.7. The minimum atomic E-state index is 0.516. The van der Waals surface area contributed by atoms with Crippen LogP contribution in [-0.2, 0) is 0 Å². The summed E-state index contributed by atoms with van der Waals surface area (Å²) in [5, 5.41) is 7.27. The van der Waals surface area contributed by atoms with Gasteiger partial charge in [-0.15, -0.1) is 0 Å². The van der Waals surface area contributed by atoms with E-state index in [4.69, 9.17) is 0 Å². The third kappa shape index (κ3) is 1.31. The zero-order valence-electron chi connectivity index (χ0n) is 10.3. The van der Waals surface area contributed by atoms with E-state index in [1.807, 2.05) is 0 Å². The maximum atomic E-state index is 3.92. The summed E-state index contributed by atoms with van der Waals surface area (Å²) < 4.78 is 0. The summed E-state index contributed by atoms with van der Waals surface area (Å²) in [4.78, 5) is 0. The summed E-state index contributed by atoms with van der Waals surface area (Å²) in [6.45, 7) is 9.81. The Balaban J connectivity index is 1.79. The fraction of sp³-hybridized carbons (Fsp3) is 1.00. The Morgan fingerprint density at radius 2 is 1.93 bits per heavy atom. The van der Waals surface area contributed by atoms with E-state index in [1.54, 1.807) is 0 Å². The Morgan fingerprint density at radius 3 is 2.40 bits per heavy atom. The lowest BCUT2D eigenvalue weighted by atomic mass is 9.68. The van der Waals surface area contributed by atoms with Crippen LogP contribution in [0.25, 0.3) is 0 Å². The van der Waals surface area contributed by atoms with E-state index in [1.165, 1.54) is 32.4 Å². The second kappa shape index (κ2) is 2.98. The van der Waals surface area contributed by atoms with E-state index in [9.17, 15) is 0 Å². The zero-order valence-corrected chi connectivity index (χ0v) is 10.3. The molecule has 2 bridgehead atoms. The first-order valence-corrected chi connectivity index (χ1v) is 6.49. The Bertz CT molecular complexity index is 265. The van der Waals surface area contributed by atoms with Crippen LogP contribution < -0.4 is 10.6 Å². The Kier molecular flexibility index (Phi) is 2.01. The highest BCUT2D eigenvalue weighted by atomic mass is 15.1. The van der Waals surface area contributed by atoms with Gasteiger partial charge in [0.2, 0.25) is 0 Å². The third-order valence-corrected chi connectivity index (χ3v) is 5.45. The number of nitrogens with one attached hydrogen (secondary N) is 2. The molecule has 3 atom stereocenters. The van der Waals surface area contributed by atoms with Crippen LogP contribution in [0.15, 0.2) is 0 Å². The van der Waals surface area contributed by atoms with Gasteiger partial charge in [0.15, 0.2) is 0 Å². The van der Waals surface area contributed by atoms with Gasteiger partial charge in [-0.25, -0.2) is 0 Å². The Labute approximate surface area is 93.2 Å². The topological polar surface area (TPSA) is 24.1 Å². The average molecular weight is 208 g/mol. The van der Waals surface area contributed by atoms with Gasteiger partial charge in [-0.05, 0) is 36.0 Å². The molecule has 3 aliphatic rings. The summed E-state index contributed by atoms with van der Waals surface area (Å²) >= 11 is 0. The van der Waals surface area contributed by atoms with E-state index in [0.29, 0.717) is 10.8 Å². The Hall–Kier alpha value is -0.0800. The molecule has 0 radical (unpaired) electrons. The predicted molar refractivity (Wildman–Crippen MR) is 62.8 cm³/mol. The fourth-order valence-electron chi connectivity index (χ4n) is 4.36. The van der Waals surface area contributed by atoms with E-state index in [-0.39, 0.29) is 0 Å². The van der Waals surface area contributed by atoms with Gasteiger partial charge in [0.1, 0.15) is 0 Å². The highest BCUT2D eigenvalue weighted by Crippen LogP contribution is 2.62. The third-order valence-electron chi connectivity index (χ3n) is 5.45. The second-order valence-electron chi connectivity index (χ2n) is 6.87. The molecule has 1 heterocycles. The van der Waals surface area contributed by atoms with Crippen LogP contribution in [0.3, 0.4) is 0 Å². The molecule has 2 aliphatic carbocycles. The van der Waals surface area contributed by atoms with Gasteiger partial charge in [-0.1, -0.05) is 20.8 Å². The van der Waals surface area contributed by atoms with Crippen molar-refractivity contribution >= 4 is 0 Å². The monoisotopic (exact) mass is 208 g/mol. The number of fused-ring (bicyclic) bond motifs is 2. The normalized spacial score (nSPS) is 48.2. The summed E-state index contributed by atoms with van der Waals surface area (Å²) in [7, 11) is 0. The molecule has 1 aliphatic heterocycles. The quantitative estimate of drug-likeness (QED) is 0.722. The van der Waals surface area contributed by atoms with Crippen molar-refractivity contribution < 1.29 is 0 Å². The average Bonchev–Trinajstić information content (AvgIpc) is 2.52. The molecular weight excluding hydrogens is 184 g/mol. The second-order valence-corrected chi connectivity index (χ2v) is 6.87. The minimum absolute atomic E-state index is 0.516. The maximum Gasteiger partial charge on any atom is 0.0320 e. The molecule has 86 valence electrons. The van der Waals surface area contributed by atoms with E-state index < -0.39 is 0 Å². The molecule has 2 saturated carbocycles. The van der Waals surface area contributed by atoms with Crippen molar-refractivity contribution in [2.24, 2.45) is 16.7 Å². The highest BCUT2D eigenvalue weighted by Gasteiger charge is 2.59. The standard InChI is InChI=1S/C13H24N2/c1-12(2)9-4-5-13(3,6-9)11(12)15-10-7-14-8-10/h9-11,14-15H,4-8H2,1-3H3. The minimum Gasteiger partial charge on any atom is -0.314 e. The molecule has 0 aromatic rings. The van der Waals surface area contributed by atoms with Crippen LogP contribution in [0.2, 0.25) is 0 Å². The van der Waals surface area contributed by atoms with Crippen LogP contribution in [0.4, 0.5) is 0 Å². The van der Waals surface area contributed by atoms with Gasteiger partial charge in [0.05, 0.1) is 0 Å². The molecule has 1 saturated heterocycles. The van der Waals surface area contributed by atoms with Crippen LogP contribution >= 0.6 is 0 Å². The molecule has 3 fully saturated rings. The van der Waals surface area contributed by atoms with E-state index in [2.05, 4.69) is 31.4 Å². The lowest BCUT2D eigenvalue weighted by Gasteiger charge is -2.46. The lowest BCUT2D eigenvalue weighted by Crippen LogP contribution is -2.63. The number of hydrogen-bond acceptors (Lipinski definition) is 2. The van der Waals surface area contributed by atoms with Crippen molar-refractivity contribution in [3.63, 3.8) is 0 Å². The Morgan fingerprint density at radius 1 is 1.20 bits per heavy atom. The molecular formula is C13H24N2. The number of hydrogen-bond donors (Lipinski definition) is 2. The number of rotatable bonds is 2. The van der Waals surface area contributed by atoms with Gasteiger partial charge < -0.3 is 10.6 Å². The van der Waals surface area contributed by atoms with Gasteiger partial charge in [-0.3, -0.25) is 0 Å². The van der Waals surface area contributed by atoms with Crippen molar-refractivity contribution in [1.29, 1.82) is 0 Å². The highest BCUT2D eigenvalue weighted by molar-refractivity contribution is 5.13. The summed E-state index contributed by atoms with van der Waals surface area (Å²) in [5.74, 6) is 0.966. The van der Waals surface area contributed by atoms with Crippen LogP contribution in [-0.4, -0.2) is 25.2 Å². The van der Waals surface area contributed by atoms with Crippen molar-refractivity contribution in [2.45, 2.75) is 52.1 Å². The maximum absolute atomic E-state index is 3.92. The molecule has 0 aromatic heterocycles. The van der Waals surface area contributed by atoms with Gasteiger partial charge >= 0.3 is 0 Å². The molecule has 0 spiro atoms. The summed E-state index contributed by atoms with van der Waals surface area (Å²) in [5.41, 5.74) is 1.10. The largest absolute Gasteiger partial charge is 0.314 e. The SMILES string of the molecule is CC12CCC(C1)C(C)(C)C2NC1CNC1. The predicted octanol–water partition coefficient (Wildman–Crippen LogP) is 1.76. The van der Waals surface area contributed by atoms with Crippen molar-refractivity contribution in [3.05, 3.63) is 0 Å². The van der Waals surface area contributed by atoms with E-state index >= 15 is 0 Å². The molecule has 3 rings (SSSR count). The first kappa shape index (κ1) is 10.1. The van der Waals surface area contributed by atoms with Gasteiger partial charge in [-0.2, -0.15) is 0 Å². The van der Waals surface area contributed by atoms with Crippen LogP contribution in [0.5, 0.6) is 0 Å². The smallest absolute Gasteiger partial charge is 0.0320 e. The molecule has 2 nitrogen and oxygen atoms in total. The summed E-state index contributed by atoms with van der Waals surface area (Å²) in [6, 6.07) is 1.49. The molecule has 0 aromatic carbocycles. The molecule has 0 amide bonds. The van der Waals surface area contributed by atoms with Crippen LogP contribution in [0.1, 0.15) is 40.0 Å². The first-order chi connectivity index (χ1) is 7.02. The lowest BCUT2D eigenvalue weighted by molar-refractivity contribution is 0.0903. The molecule has 2 heteroatoms. The van der Waals surface area contributed by atoms with Crippen molar-refractivity contribution in [3.8, 4) is 0 Å². The van der Waals surface area contributed by atoms with Crippen molar-refractivity contribution in [1.82, 2.24) is 10.6 Å². The molecule has 2 N–H and O–H groups in total. The van der Waals surface area contributed by atoms with Crippen molar-refractivity contribution in [2.75, 3.05) is 13.1 Å². The molecule has 3 unspecified atom stereocenters. The van der Waals surface area contributed by atoms with Gasteiger partial charge in [0, 0.05) is 25.2 Å². The first-order valence-electron chi connectivity index (χ1n) is 6.49. The van der Waals surface area contributed by atoms with Crippen LogP contribution in [0, 0.1) is 16.7 Å². The summed E-state index contributed by atoms with van der Waals surface area (Å²) in [6.07, 6.45) is 4.36. The van der Waals surface area contributed by atoms with E-state index in [0.717, 1.165) is 18.0 Å². The molecule has 15 heavy (non-hydrogen) atoms. The fourth-order valence-corrected chi connectivity index (χ4v) is 4.36. The van der Waals surface area contributed by atoms with Gasteiger partial charge in [0.25, 0.3) is 0 Å².